The van der Waals surface area contributed by atoms with Crippen LogP contribution in [0.5, 0.6) is 0 Å². The Morgan fingerprint density at radius 3 is 2.48 bits per heavy atom. The number of nitrogens with zero attached hydrogens (tertiary/aromatic N) is 6. The number of hydrogen-bond acceptors (Lipinski definition) is 6. The third-order valence-electron chi connectivity index (χ3n) is 4.79. The first kappa shape index (κ1) is 17.8. The van der Waals surface area contributed by atoms with E-state index in [0.717, 1.165) is 36.1 Å². The van der Waals surface area contributed by atoms with Crippen molar-refractivity contribution in [1.82, 2.24) is 24.7 Å². The largest absolute Gasteiger partial charge is 0.380 e. The lowest BCUT2D eigenvalue weighted by molar-refractivity contribution is 0.118. The second-order valence-corrected chi connectivity index (χ2v) is 7.38. The van der Waals surface area contributed by atoms with Crippen LogP contribution in [0.2, 0.25) is 0 Å². The first-order valence-corrected chi connectivity index (χ1v) is 8.92. The van der Waals surface area contributed by atoms with Crippen LogP contribution < -0.4 is 4.90 Å². The summed E-state index contributed by atoms with van der Waals surface area (Å²) in [4.78, 5) is 11.9. The van der Waals surface area contributed by atoms with Crippen molar-refractivity contribution in [1.29, 1.82) is 0 Å². The van der Waals surface area contributed by atoms with Crippen molar-refractivity contribution in [2.75, 3.05) is 18.6 Å². The molecule has 0 N–H and O–H groups in total. The van der Waals surface area contributed by atoms with E-state index in [2.05, 4.69) is 48.9 Å². The van der Waals surface area contributed by atoms with E-state index in [9.17, 15) is 0 Å². The molecule has 0 bridgehead atoms. The van der Waals surface area contributed by atoms with E-state index < -0.39 is 0 Å². The molecule has 1 aliphatic rings. The van der Waals surface area contributed by atoms with Crippen molar-refractivity contribution in [2.24, 2.45) is 7.05 Å². The zero-order chi connectivity index (χ0) is 18.1. The summed E-state index contributed by atoms with van der Waals surface area (Å²) in [6, 6.07) is 2.21. The first-order chi connectivity index (χ1) is 11.9. The molecule has 7 heteroatoms. The number of ether oxygens (including phenoxy) is 1. The van der Waals surface area contributed by atoms with Crippen LogP contribution in [0.4, 0.5) is 5.82 Å². The Labute approximate surface area is 149 Å². The normalized spacial score (nSPS) is 20.9. The maximum absolute atomic E-state index is 5.64. The minimum absolute atomic E-state index is 0.104. The fourth-order valence-electron chi connectivity index (χ4n) is 3.23. The van der Waals surface area contributed by atoms with E-state index in [4.69, 9.17) is 14.7 Å². The summed E-state index contributed by atoms with van der Waals surface area (Å²) in [6.45, 7) is 9.38. The molecule has 7 nitrogen and oxygen atoms in total. The molecule has 3 rings (SSSR count). The lowest BCUT2D eigenvalue weighted by atomic mass is 10.1. The quantitative estimate of drug-likeness (QED) is 0.831. The first-order valence-electron chi connectivity index (χ1n) is 8.92. The van der Waals surface area contributed by atoms with Gasteiger partial charge in [-0.15, -0.1) is 10.2 Å². The monoisotopic (exact) mass is 344 g/mol. The summed E-state index contributed by atoms with van der Waals surface area (Å²) in [5.74, 6) is 3.42. The van der Waals surface area contributed by atoms with Crippen LogP contribution in [0.15, 0.2) is 12.4 Å². The van der Waals surface area contributed by atoms with Gasteiger partial charge < -0.3 is 14.2 Å². The summed E-state index contributed by atoms with van der Waals surface area (Å²) in [6.07, 6.45) is 2.77. The van der Waals surface area contributed by atoms with Gasteiger partial charge in [0.05, 0.1) is 12.1 Å². The van der Waals surface area contributed by atoms with E-state index in [1.807, 2.05) is 11.6 Å². The van der Waals surface area contributed by atoms with Crippen molar-refractivity contribution < 1.29 is 4.74 Å². The number of aryl methyl sites for hydroxylation is 1. The Morgan fingerprint density at radius 1 is 1.16 bits per heavy atom. The third kappa shape index (κ3) is 3.51. The Balaban J connectivity index is 2.04. The summed E-state index contributed by atoms with van der Waals surface area (Å²) in [5, 5.41) is 8.38. The van der Waals surface area contributed by atoms with E-state index >= 15 is 0 Å². The molecule has 136 valence electrons. The fraction of sp³-hybridized carbons (Fsp3) is 0.667. The molecule has 1 saturated heterocycles. The van der Waals surface area contributed by atoms with E-state index in [-0.39, 0.29) is 18.1 Å². The highest BCUT2D eigenvalue weighted by atomic mass is 16.5. The minimum Gasteiger partial charge on any atom is -0.380 e. The standard InChI is InChI=1S/C18H28N6O/c1-11(2)14-8-16(21-17(20-14)12(3)4)24-9-13(25-6)7-15(24)18-22-19-10-23(18)5/h8,10-13,15H,7,9H2,1-6H3/t13-,15+/m1/s1. The van der Waals surface area contributed by atoms with E-state index in [1.165, 1.54) is 0 Å². The van der Waals surface area contributed by atoms with Crippen molar-refractivity contribution in [3.63, 3.8) is 0 Å². The van der Waals surface area contributed by atoms with Gasteiger partial charge in [0.1, 0.15) is 18.0 Å². The number of hydrogen-bond donors (Lipinski definition) is 0. The Morgan fingerprint density at radius 2 is 1.92 bits per heavy atom. The zero-order valence-corrected chi connectivity index (χ0v) is 16.0. The highest BCUT2D eigenvalue weighted by molar-refractivity contribution is 5.45. The second-order valence-electron chi connectivity index (χ2n) is 7.38. The molecule has 0 radical (unpaired) electrons. The SMILES string of the molecule is CO[C@@H]1C[C@@H](c2nncn2C)N(c2cc(C(C)C)nc(C(C)C)n2)C1. The molecule has 0 aliphatic carbocycles. The van der Waals surface area contributed by atoms with Gasteiger partial charge in [-0.2, -0.15) is 0 Å². The van der Waals surface area contributed by atoms with Crippen LogP contribution in [0.1, 0.15) is 69.3 Å². The molecule has 2 aromatic heterocycles. The molecule has 1 aliphatic heterocycles. The molecular weight excluding hydrogens is 316 g/mol. The maximum Gasteiger partial charge on any atom is 0.155 e. The Hall–Kier alpha value is -2.02. The molecule has 0 amide bonds. The van der Waals surface area contributed by atoms with Crippen LogP contribution in [0.25, 0.3) is 0 Å². The van der Waals surface area contributed by atoms with Gasteiger partial charge in [-0.3, -0.25) is 0 Å². The van der Waals surface area contributed by atoms with Crippen molar-refractivity contribution in [3.8, 4) is 0 Å². The third-order valence-corrected chi connectivity index (χ3v) is 4.79. The number of methoxy groups -OCH3 is 1. The van der Waals surface area contributed by atoms with Crippen LogP contribution in [-0.4, -0.2) is 44.5 Å². The summed E-state index contributed by atoms with van der Waals surface area (Å²) >= 11 is 0. The molecule has 2 aromatic rings. The summed E-state index contributed by atoms with van der Waals surface area (Å²) in [7, 11) is 3.74. The fourth-order valence-corrected chi connectivity index (χ4v) is 3.23. The number of rotatable bonds is 5. The zero-order valence-electron chi connectivity index (χ0n) is 16.0. The molecule has 0 unspecified atom stereocenters. The topological polar surface area (TPSA) is 69.0 Å². The predicted molar refractivity (Wildman–Crippen MR) is 96.7 cm³/mol. The molecule has 1 fully saturated rings. The highest BCUT2D eigenvalue weighted by Gasteiger charge is 2.37. The van der Waals surface area contributed by atoms with Crippen LogP contribution in [0, 0.1) is 0 Å². The van der Waals surface area contributed by atoms with Crippen molar-refractivity contribution >= 4 is 5.82 Å². The van der Waals surface area contributed by atoms with Crippen LogP contribution >= 0.6 is 0 Å². The van der Waals surface area contributed by atoms with Gasteiger partial charge in [0.2, 0.25) is 0 Å². The number of anilines is 1. The van der Waals surface area contributed by atoms with Crippen molar-refractivity contribution in [2.45, 2.75) is 58.1 Å². The van der Waals surface area contributed by atoms with E-state index in [1.54, 1.807) is 13.4 Å². The molecule has 2 atom stereocenters. The molecule has 3 heterocycles. The number of aromatic nitrogens is 5. The molecule has 0 saturated carbocycles. The molecule has 0 aromatic carbocycles. The molecule has 25 heavy (non-hydrogen) atoms. The highest BCUT2D eigenvalue weighted by Crippen LogP contribution is 2.36. The van der Waals surface area contributed by atoms with Gasteiger partial charge >= 0.3 is 0 Å². The smallest absolute Gasteiger partial charge is 0.155 e. The van der Waals surface area contributed by atoms with Gasteiger partial charge in [-0.1, -0.05) is 27.7 Å². The average molecular weight is 344 g/mol. The lowest BCUT2D eigenvalue weighted by Crippen LogP contribution is -2.28. The minimum atomic E-state index is 0.104. The Bertz CT molecular complexity index is 700. The molecule has 0 spiro atoms. The second kappa shape index (κ2) is 7.07. The van der Waals surface area contributed by atoms with Crippen molar-refractivity contribution in [3.05, 3.63) is 29.7 Å². The van der Waals surface area contributed by atoms with Gasteiger partial charge in [0, 0.05) is 44.8 Å². The van der Waals surface area contributed by atoms with Crippen LogP contribution in [-0.2, 0) is 11.8 Å². The maximum atomic E-state index is 5.64. The van der Waals surface area contributed by atoms with Gasteiger partial charge in [-0.25, -0.2) is 9.97 Å². The average Bonchev–Trinajstić information content (AvgIpc) is 3.19. The van der Waals surface area contributed by atoms with Gasteiger partial charge in [0.25, 0.3) is 0 Å². The summed E-state index contributed by atoms with van der Waals surface area (Å²) in [5.41, 5.74) is 1.08. The summed E-state index contributed by atoms with van der Waals surface area (Å²) < 4.78 is 7.62. The molecular formula is C18H28N6O. The van der Waals surface area contributed by atoms with Crippen LogP contribution in [0.3, 0.4) is 0 Å². The van der Waals surface area contributed by atoms with Gasteiger partial charge in [0.15, 0.2) is 5.82 Å². The Kier molecular flexibility index (Phi) is 5.03. The van der Waals surface area contributed by atoms with E-state index in [0.29, 0.717) is 5.92 Å². The van der Waals surface area contributed by atoms with Gasteiger partial charge in [-0.05, 0) is 5.92 Å². The lowest BCUT2D eigenvalue weighted by Gasteiger charge is -2.26. The predicted octanol–water partition coefficient (Wildman–Crippen LogP) is 2.82.